The molecule has 1 aliphatic rings. The van der Waals surface area contributed by atoms with Crippen LogP contribution in [0.15, 0.2) is 0 Å². The Kier molecular flexibility index (Phi) is 3.56. The van der Waals surface area contributed by atoms with Gasteiger partial charge in [-0.2, -0.15) is 0 Å². The number of hydrogen-bond donors (Lipinski definition) is 1. The second-order valence-corrected chi connectivity index (χ2v) is 4.43. The predicted molar refractivity (Wildman–Crippen MR) is 63.1 cm³/mol. The molecule has 1 saturated heterocycles. The summed E-state index contributed by atoms with van der Waals surface area (Å²) in [5.41, 5.74) is 0. The quantitative estimate of drug-likeness (QED) is 0.798. The molecule has 1 fully saturated rings. The lowest BCUT2D eigenvalue weighted by atomic mass is 10.2. The molecule has 1 aromatic heterocycles. The van der Waals surface area contributed by atoms with Gasteiger partial charge in [0.1, 0.15) is 11.6 Å². The SMILES string of the molecule is CCN(Cc1nnc(C)n1C)C1CCNC1. The van der Waals surface area contributed by atoms with Crippen molar-refractivity contribution in [2.24, 2.45) is 7.05 Å². The normalized spacial score (nSPS) is 20.9. The van der Waals surface area contributed by atoms with Crippen molar-refractivity contribution < 1.29 is 0 Å². The minimum Gasteiger partial charge on any atom is -0.317 e. The minimum absolute atomic E-state index is 0.655. The summed E-state index contributed by atoms with van der Waals surface area (Å²) in [6.07, 6.45) is 1.24. The Labute approximate surface area is 96.8 Å². The molecule has 5 heteroatoms. The molecule has 0 radical (unpaired) electrons. The largest absolute Gasteiger partial charge is 0.317 e. The Hall–Kier alpha value is -0.940. The van der Waals surface area contributed by atoms with Gasteiger partial charge in [0.05, 0.1) is 6.54 Å². The lowest BCUT2D eigenvalue weighted by Gasteiger charge is -2.26. The summed E-state index contributed by atoms with van der Waals surface area (Å²) >= 11 is 0. The molecule has 0 aliphatic carbocycles. The lowest BCUT2D eigenvalue weighted by Crippen LogP contribution is -2.36. The first kappa shape index (κ1) is 11.5. The van der Waals surface area contributed by atoms with E-state index in [9.17, 15) is 0 Å². The fourth-order valence-corrected chi connectivity index (χ4v) is 2.22. The molecule has 0 amide bonds. The third-order valence-corrected chi connectivity index (χ3v) is 3.48. The molecule has 0 saturated carbocycles. The molecule has 90 valence electrons. The maximum absolute atomic E-state index is 4.23. The molecule has 1 aromatic rings. The Balaban J connectivity index is 2.03. The molecule has 2 rings (SSSR count). The van der Waals surface area contributed by atoms with Crippen molar-refractivity contribution in [2.75, 3.05) is 19.6 Å². The van der Waals surface area contributed by atoms with Gasteiger partial charge >= 0.3 is 0 Å². The molecular weight excluding hydrogens is 202 g/mol. The third-order valence-electron chi connectivity index (χ3n) is 3.48. The molecule has 1 aliphatic heterocycles. The van der Waals surface area contributed by atoms with Crippen molar-refractivity contribution in [3.8, 4) is 0 Å². The molecule has 5 nitrogen and oxygen atoms in total. The average molecular weight is 223 g/mol. The Morgan fingerprint density at radius 2 is 2.31 bits per heavy atom. The minimum atomic E-state index is 0.655. The van der Waals surface area contributed by atoms with E-state index in [1.54, 1.807) is 0 Å². The van der Waals surface area contributed by atoms with Crippen molar-refractivity contribution in [1.82, 2.24) is 25.0 Å². The molecule has 16 heavy (non-hydrogen) atoms. The number of hydrogen-bond acceptors (Lipinski definition) is 4. The van der Waals surface area contributed by atoms with E-state index in [0.717, 1.165) is 37.8 Å². The zero-order valence-electron chi connectivity index (χ0n) is 10.4. The van der Waals surface area contributed by atoms with Gasteiger partial charge in [-0.05, 0) is 26.4 Å². The van der Waals surface area contributed by atoms with Gasteiger partial charge in [0.15, 0.2) is 0 Å². The van der Waals surface area contributed by atoms with Crippen molar-refractivity contribution in [2.45, 2.75) is 32.9 Å². The first-order chi connectivity index (χ1) is 7.72. The van der Waals surface area contributed by atoms with Crippen LogP contribution >= 0.6 is 0 Å². The number of aromatic nitrogens is 3. The predicted octanol–water partition coefficient (Wildman–Crippen LogP) is 0.307. The van der Waals surface area contributed by atoms with Gasteiger partial charge in [-0.15, -0.1) is 10.2 Å². The van der Waals surface area contributed by atoms with Gasteiger partial charge in [0.25, 0.3) is 0 Å². The summed E-state index contributed by atoms with van der Waals surface area (Å²) in [6.45, 7) is 8.41. The highest BCUT2D eigenvalue weighted by atomic mass is 15.3. The molecular formula is C11H21N5. The topological polar surface area (TPSA) is 46.0 Å². The standard InChI is InChI=1S/C11H21N5/c1-4-16(10-5-6-12-7-10)8-11-14-13-9(2)15(11)3/h10,12H,4-8H2,1-3H3. The smallest absolute Gasteiger partial charge is 0.146 e. The molecule has 1 atom stereocenters. The van der Waals surface area contributed by atoms with E-state index in [1.807, 2.05) is 14.0 Å². The van der Waals surface area contributed by atoms with Crippen LogP contribution in [0.1, 0.15) is 25.0 Å². The highest BCUT2D eigenvalue weighted by Crippen LogP contribution is 2.11. The van der Waals surface area contributed by atoms with Gasteiger partial charge < -0.3 is 9.88 Å². The van der Waals surface area contributed by atoms with Crippen LogP contribution in [0.5, 0.6) is 0 Å². The van der Waals surface area contributed by atoms with Crippen LogP contribution < -0.4 is 5.32 Å². The summed E-state index contributed by atoms with van der Waals surface area (Å²) in [6, 6.07) is 0.655. The summed E-state index contributed by atoms with van der Waals surface area (Å²) in [5, 5.41) is 11.7. The molecule has 0 spiro atoms. The van der Waals surface area contributed by atoms with Gasteiger partial charge in [-0.25, -0.2) is 0 Å². The second kappa shape index (κ2) is 4.93. The van der Waals surface area contributed by atoms with Crippen molar-refractivity contribution in [3.05, 3.63) is 11.6 Å². The number of aryl methyl sites for hydroxylation is 1. The van der Waals surface area contributed by atoms with E-state index in [0.29, 0.717) is 6.04 Å². The number of rotatable bonds is 4. The van der Waals surface area contributed by atoms with Crippen molar-refractivity contribution in [1.29, 1.82) is 0 Å². The highest BCUT2D eigenvalue weighted by molar-refractivity contribution is 4.94. The molecule has 2 heterocycles. The monoisotopic (exact) mass is 223 g/mol. The third kappa shape index (κ3) is 2.25. The molecule has 0 aromatic carbocycles. The van der Waals surface area contributed by atoms with Crippen LogP contribution in [0.3, 0.4) is 0 Å². The van der Waals surface area contributed by atoms with Gasteiger partial charge in [0.2, 0.25) is 0 Å². The van der Waals surface area contributed by atoms with E-state index >= 15 is 0 Å². The van der Waals surface area contributed by atoms with Gasteiger partial charge in [0, 0.05) is 19.6 Å². The van der Waals surface area contributed by atoms with Crippen LogP contribution in [-0.4, -0.2) is 45.3 Å². The first-order valence-electron chi connectivity index (χ1n) is 6.02. The molecule has 1 unspecified atom stereocenters. The van der Waals surface area contributed by atoms with Crippen LogP contribution in [-0.2, 0) is 13.6 Å². The average Bonchev–Trinajstić information content (AvgIpc) is 2.90. The van der Waals surface area contributed by atoms with Crippen molar-refractivity contribution in [3.63, 3.8) is 0 Å². The van der Waals surface area contributed by atoms with E-state index in [2.05, 4.69) is 31.9 Å². The van der Waals surface area contributed by atoms with Gasteiger partial charge in [-0.1, -0.05) is 6.92 Å². The van der Waals surface area contributed by atoms with E-state index in [-0.39, 0.29) is 0 Å². The second-order valence-electron chi connectivity index (χ2n) is 4.43. The summed E-state index contributed by atoms with van der Waals surface area (Å²) in [4.78, 5) is 2.48. The number of nitrogens with one attached hydrogen (secondary N) is 1. The molecule has 0 bridgehead atoms. The van der Waals surface area contributed by atoms with Crippen LogP contribution in [0.4, 0.5) is 0 Å². The maximum atomic E-state index is 4.23. The van der Waals surface area contributed by atoms with Gasteiger partial charge in [-0.3, -0.25) is 4.90 Å². The Bertz CT molecular complexity index is 340. The first-order valence-corrected chi connectivity index (χ1v) is 6.02. The zero-order valence-corrected chi connectivity index (χ0v) is 10.4. The zero-order chi connectivity index (χ0) is 11.5. The van der Waals surface area contributed by atoms with Crippen LogP contribution in [0.25, 0.3) is 0 Å². The summed E-state index contributed by atoms with van der Waals surface area (Å²) in [5.74, 6) is 2.04. The summed E-state index contributed by atoms with van der Waals surface area (Å²) < 4.78 is 2.07. The Morgan fingerprint density at radius 1 is 1.50 bits per heavy atom. The van der Waals surface area contributed by atoms with E-state index in [1.165, 1.54) is 6.42 Å². The fraction of sp³-hybridized carbons (Fsp3) is 0.818. The fourth-order valence-electron chi connectivity index (χ4n) is 2.22. The number of nitrogens with zero attached hydrogens (tertiary/aromatic N) is 4. The van der Waals surface area contributed by atoms with E-state index in [4.69, 9.17) is 0 Å². The lowest BCUT2D eigenvalue weighted by molar-refractivity contribution is 0.203. The number of likely N-dealkylation sites (N-methyl/N-ethyl adjacent to an activating group) is 1. The van der Waals surface area contributed by atoms with Crippen LogP contribution in [0.2, 0.25) is 0 Å². The Morgan fingerprint density at radius 3 is 2.81 bits per heavy atom. The summed E-state index contributed by atoms with van der Waals surface area (Å²) in [7, 11) is 2.03. The maximum Gasteiger partial charge on any atom is 0.146 e. The molecule has 1 N–H and O–H groups in total. The highest BCUT2D eigenvalue weighted by Gasteiger charge is 2.22. The van der Waals surface area contributed by atoms with E-state index < -0.39 is 0 Å². The van der Waals surface area contributed by atoms with Crippen molar-refractivity contribution >= 4 is 0 Å². The van der Waals surface area contributed by atoms with Crippen LogP contribution in [0, 0.1) is 6.92 Å².